The molecule has 0 aliphatic heterocycles. The van der Waals surface area contributed by atoms with E-state index < -0.39 is 11.5 Å². The molecular weight excluding hydrogens is 234 g/mol. The van der Waals surface area contributed by atoms with E-state index in [-0.39, 0.29) is 17.5 Å². The third-order valence-corrected chi connectivity index (χ3v) is 3.39. The lowest BCUT2D eigenvalue weighted by Crippen LogP contribution is -2.48. The van der Waals surface area contributed by atoms with Crippen LogP contribution in [0.5, 0.6) is 11.5 Å². The standard InChI is InChI=1S/C13H19NO4/c1-8(14(4)13(2,3)12(17)18)9-5-10(15)7-11(16)6-9/h5-8,15-16H,1-4H3,(H,17,18). The van der Waals surface area contributed by atoms with E-state index in [1.165, 1.54) is 18.2 Å². The van der Waals surface area contributed by atoms with Gasteiger partial charge < -0.3 is 15.3 Å². The fourth-order valence-electron chi connectivity index (χ4n) is 1.72. The second-order valence-electron chi connectivity index (χ2n) is 4.93. The maximum Gasteiger partial charge on any atom is 0.323 e. The fraction of sp³-hybridized carbons (Fsp3) is 0.462. The summed E-state index contributed by atoms with van der Waals surface area (Å²) in [5.74, 6) is -1.02. The summed E-state index contributed by atoms with van der Waals surface area (Å²) in [6.07, 6.45) is 0. The molecule has 0 fully saturated rings. The van der Waals surface area contributed by atoms with E-state index in [1.54, 1.807) is 25.8 Å². The monoisotopic (exact) mass is 253 g/mol. The van der Waals surface area contributed by atoms with Crippen LogP contribution in [0.15, 0.2) is 18.2 Å². The van der Waals surface area contributed by atoms with Crippen molar-refractivity contribution in [3.8, 4) is 11.5 Å². The zero-order valence-electron chi connectivity index (χ0n) is 11.0. The molecule has 18 heavy (non-hydrogen) atoms. The number of hydrogen-bond acceptors (Lipinski definition) is 4. The summed E-state index contributed by atoms with van der Waals surface area (Å²) in [5, 5.41) is 28.1. The number of likely N-dealkylation sites (N-methyl/N-ethyl adjacent to an activating group) is 1. The Balaban J connectivity index is 3.06. The van der Waals surface area contributed by atoms with Crippen molar-refractivity contribution in [3.05, 3.63) is 23.8 Å². The molecule has 0 spiro atoms. The van der Waals surface area contributed by atoms with Gasteiger partial charge in [0.25, 0.3) is 0 Å². The molecule has 1 aromatic carbocycles. The summed E-state index contributed by atoms with van der Waals surface area (Å²) in [6.45, 7) is 5.03. The van der Waals surface area contributed by atoms with Gasteiger partial charge in [-0.3, -0.25) is 9.69 Å². The zero-order chi connectivity index (χ0) is 14.1. The van der Waals surface area contributed by atoms with Gasteiger partial charge in [0, 0.05) is 12.1 Å². The maximum atomic E-state index is 11.2. The Morgan fingerprint density at radius 2 is 1.67 bits per heavy atom. The highest BCUT2D eigenvalue weighted by atomic mass is 16.4. The molecule has 1 aromatic rings. The van der Waals surface area contributed by atoms with Gasteiger partial charge in [-0.2, -0.15) is 0 Å². The van der Waals surface area contributed by atoms with Crippen LogP contribution in [0, 0.1) is 0 Å². The Bertz CT molecular complexity index is 436. The van der Waals surface area contributed by atoms with E-state index in [9.17, 15) is 20.1 Å². The second kappa shape index (κ2) is 4.86. The van der Waals surface area contributed by atoms with Gasteiger partial charge in [-0.15, -0.1) is 0 Å². The molecule has 1 atom stereocenters. The van der Waals surface area contributed by atoms with Crippen LogP contribution in [0.2, 0.25) is 0 Å². The lowest BCUT2D eigenvalue weighted by Gasteiger charge is -2.36. The second-order valence-corrected chi connectivity index (χ2v) is 4.93. The summed E-state index contributed by atoms with van der Waals surface area (Å²) in [6, 6.07) is 4.00. The maximum absolute atomic E-state index is 11.2. The van der Waals surface area contributed by atoms with Crippen LogP contribution < -0.4 is 0 Å². The summed E-state index contributed by atoms with van der Waals surface area (Å²) < 4.78 is 0. The van der Waals surface area contributed by atoms with E-state index in [2.05, 4.69) is 0 Å². The lowest BCUT2D eigenvalue weighted by molar-refractivity contribution is -0.149. The number of carboxylic acids is 1. The Kier molecular flexibility index (Phi) is 3.86. The van der Waals surface area contributed by atoms with Gasteiger partial charge in [0.1, 0.15) is 17.0 Å². The van der Waals surface area contributed by atoms with Gasteiger partial charge >= 0.3 is 5.97 Å². The average Bonchev–Trinajstić information content (AvgIpc) is 2.25. The van der Waals surface area contributed by atoms with E-state index in [4.69, 9.17) is 0 Å². The minimum atomic E-state index is -1.04. The largest absolute Gasteiger partial charge is 0.508 e. The van der Waals surface area contributed by atoms with Crippen LogP contribution >= 0.6 is 0 Å². The molecule has 5 heteroatoms. The van der Waals surface area contributed by atoms with Gasteiger partial charge in [-0.25, -0.2) is 0 Å². The molecule has 0 heterocycles. The highest BCUT2D eigenvalue weighted by Crippen LogP contribution is 2.31. The van der Waals surface area contributed by atoms with E-state index in [1.807, 2.05) is 6.92 Å². The number of rotatable bonds is 4. The summed E-state index contributed by atoms with van der Waals surface area (Å²) in [4.78, 5) is 12.9. The zero-order valence-corrected chi connectivity index (χ0v) is 11.0. The summed E-state index contributed by atoms with van der Waals surface area (Å²) in [7, 11) is 1.69. The predicted molar refractivity (Wildman–Crippen MR) is 67.7 cm³/mol. The van der Waals surface area contributed by atoms with Crippen LogP contribution in [0.1, 0.15) is 32.4 Å². The first-order valence-electron chi connectivity index (χ1n) is 5.65. The number of hydrogen-bond donors (Lipinski definition) is 3. The Morgan fingerprint density at radius 1 is 1.22 bits per heavy atom. The molecule has 0 bridgehead atoms. The molecule has 1 unspecified atom stereocenters. The minimum Gasteiger partial charge on any atom is -0.508 e. The van der Waals surface area contributed by atoms with Crippen LogP contribution in [0.3, 0.4) is 0 Å². The molecule has 1 rings (SSSR count). The topological polar surface area (TPSA) is 81.0 Å². The van der Waals surface area contributed by atoms with E-state index >= 15 is 0 Å². The quantitative estimate of drug-likeness (QED) is 0.764. The molecule has 0 aliphatic rings. The minimum absolute atomic E-state index is 0.0432. The Hall–Kier alpha value is -1.75. The van der Waals surface area contributed by atoms with Crippen molar-refractivity contribution in [1.82, 2.24) is 4.90 Å². The lowest BCUT2D eigenvalue weighted by atomic mass is 9.98. The highest BCUT2D eigenvalue weighted by molar-refractivity contribution is 5.77. The van der Waals surface area contributed by atoms with Crippen molar-refractivity contribution < 1.29 is 20.1 Å². The first-order valence-corrected chi connectivity index (χ1v) is 5.65. The number of benzene rings is 1. The van der Waals surface area contributed by atoms with Crippen molar-refractivity contribution in [2.45, 2.75) is 32.4 Å². The van der Waals surface area contributed by atoms with Crippen molar-refractivity contribution in [2.75, 3.05) is 7.05 Å². The van der Waals surface area contributed by atoms with Crippen molar-refractivity contribution in [3.63, 3.8) is 0 Å². The summed E-state index contributed by atoms with van der Waals surface area (Å²) in [5.41, 5.74) is -0.384. The normalized spacial score (nSPS) is 13.6. The van der Waals surface area contributed by atoms with Crippen LogP contribution in [0.4, 0.5) is 0 Å². The number of carbonyl (C=O) groups is 1. The first-order chi connectivity index (χ1) is 8.16. The molecule has 100 valence electrons. The summed E-state index contributed by atoms with van der Waals surface area (Å²) >= 11 is 0. The van der Waals surface area contributed by atoms with Gasteiger partial charge in [-0.05, 0) is 45.5 Å². The van der Waals surface area contributed by atoms with Crippen LogP contribution in [-0.4, -0.2) is 38.8 Å². The van der Waals surface area contributed by atoms with Gasteiger partial charge in [0.2, 0.25) is 0 Å². The number of nitrogens with zero attached hydrogens (tertiary/aromatic N) is 1. The molecule has 0 saturated heterocycles. The molecule has 0 radical (unpaired) electrons. The predicted octanol–water partition coefficient (Wildman–Crippen LogP) is 1.95. The van der Waals surface area contributed by atoms with Crippen LogP contribution in [0.25, 0.3) is 0 Å². The molecule has 5 nitrogen and oxygen atoms in total. The molecule has 0 amide bonds. The average molecular weight is 253 g/mol. The number of phenolic OH excluding ortho intramolecular Hbond substituents is 2. The highest BCUT2D eigenvalue weighted by Gasteiger charge is 2.35. The van der Waals surface area contributed by atoms with Crippen molar-refractivity contribution >= 4 is 5.97 Å². The molecule has 0 aromatic heterocycles. The Labute approximate surface area is 106 Å². The Morgan fingerprint density at radius 3 is 2.06 bits per heavy atom. The smallest absolute Gasteiger partial charge is 0.323 e. The van der Waals surface area contributed by atoms with Crippen molar-refractivity contribution in [1.29, 1.82) is 0 Å². The molecular formula is C13H19NO4. The first kappa shape index (κ1) is 14.3. The van der Waals surface area contributed by atoms with Gasteiger partial charge in [0.15, 0.2) is 0 Å². The fourth-order valence-corrected chi connectivity index (χ4v) is 1.72. The molecule has 0 aliphatic carbocycles. The number of phenols is 2. The van der Waals surface area contributed by atoms with Crippen molar-refractivity contribution in [2.24, 2.45) is 0 Å². The van der Waals surface area contributed by atoms with Gasteiger partial charge in [-0.1, -0.05) is 0 Å². The van der Waals surface area contributed by atoms with Crippen LogP contribution in [-0.2, 0) is 4.79 Å². The van der Waals surface area contributed by atoms with Gasteiger partial charge in [0.05, 0.1) is 0 Å². The third-order valence-electron chi connectivity index (χ3n) is 3.39. The van der Waals surface area contributed by atoms with E-state index in [0.717, 1.165) is 0 Å². The van der Waals surface area contributed by atoms with E-state index in [0.29, 0.717) is 5.56 Å². The molecule has 0 saturated carbocycles. The number of carboxylic acid groups (broad SMARTS) is 1. The number of aromatic hydroxyl groups is 2. The molecule has 3 N–H and O–H groups in total. The third kappa shape index (κ3) is 2.73. The number of aliphatic carboxylic acids is 1. The SMILES string of the molecule is CC(c1cc(O)cc(O)c1)N(C)C(C)(C)C(=O)O.